The fraction of sp³-hybridized carbons (Fsp3) is 0.632. The highest BCUT2D eigenvalue weighted by molar-refractivity contribution is 14.0. The lowest BCUT2D eigenvalue weighted by atomic mass is 9.57. The van der Waals surface area contributed by atoms with Crippen LogP contribution in [0.3, 0.4) is 0 Å². The Bertz CT molecular complexity index is 605. The van der Waals surface area contributed by atoms with E-state index in [1.54, 1.807) is 0 Å². The van der Waals surface area contributed by atoms with Crippen LogP contribution in [0.25, 0.3) is 0 Å². The molecular formula is C19H29ClIN3O. The van der Waals surface area contributed by atoms with E-state index in [1.807, 2.05) is 12.1 Å². The highest BCUT2D eigenvalue weighted by Crippen LogP contribution is 2.52. The molecule has 0 radical (unpaired) electrons. The summed E-state index contributed by atoms with van der Waals surface area (Å²) in [6.07, 6.45) is 1.53. The number of fused-ring (bicyclic) bond motifs is 1. The topological polar surface area (TPSA) is 36.9 Å². The molecule has 1 aromatic carbocycles. The van der Waals surface area contributed by atoms with Crippen molar-refractivity contribution in [2.75, 3.05) is 20.2 Å². The second-order valence-corrected chi connectivity index (χ2v) is 7.90. The van der Waals surface area contributed by atoms with E-state index in [1.165, 1.54) is 5.56 Å². The lowest BCUT2D eigenvalue weighted by Crippen LogP contribution is -2.67. The maximum atomic E-state index is 5.98. The van der Waals surface area contributed by atoms with Crippen LogP contribution in [0.4, 0.5) is 0 Å². The number of ether oxygens (including phenoxy) is 1. The zero-order chi connectivity index (χ0) is 17.3. The monoisotopic (exact) mass is 477 g/mol. The van der Waals surface area contributed by atoms with Crippen molar-refractivity contribution in [2.45, 2.75) is 45.9 Å². The van der Waals surface area contributed by atoms with Crippen LogP contribution in [-0.4, -0.2) is 43.2 Å². The summed E-state index contributed by atoms with van der Waals surface area (Å²) in [7, 11) is 2.09. The van der Waals surface area contributed by atoms with Gasteiger partial charge in [0.2, 0.25) is 0 Å². The van der Waals surface area contributed by atoms with Crippen molar-refractivity contribution in [3.63, 3.8) is 0 Å². The van der Waals surface area contributed by atoms with Crippen molar-refractivity contribution < 1.29 is 4.74 Å². The van der Waals surface area contributed by atoms with Crippen molar-refractivity contribution >= 4 is 41.5 Å². The predicted octanol–water partition coefficient (Wildman–Crippen LogP) is 4.17. The number of nitrogens with one attached hydrogen (secondary N) is 1. The summed E-state index contributed by atoms with van der Waals surface area (Å²) in [6, 6.07) is 8.42. The third kappa shape index (κ3) is 4.25. The molecule has 1 heterocycles. The normalized spacial score (nSPS) is 27.1. The van der Waals surface area contributed by atoms with Crippen LogP contribution in [0.2, 0.25) is 5.02 Å². The van der Waals surface area contributed by atoms with Crippen molar-refractivity contribution in [2.24, 2.45) is 16.3 Å². The number of halogens is 2. The van der Waals surface area contributed by atoms with E-state index in [2.05, 4.69) is 50.2 Å². The minimum Gasteiger partial charge on any atom is -0.377 e. The van der Waals surface area contributed by atoms with E-state index < -0.39 is 0 Å². The zero-order valence-electron chi connectivity index (χ0n) is 15.5. The first-order valence-corrected chi connectivity index (χ1v) is 9.19. The molecule has 1 aliphatic carbocycles. The van der Waals surface area contributed by atoms with Gasteiger partial charge in [-0.15, -0.1) is 24.0 Å². The van der Waals surface area contributed by atoms with Crippen LogP contribution in [0.1, 0.15) is 32.8 Å². The lowest BCUT2D eigenvalue weighted by Gasteiger charge is -2.55. The average molecular weight is 478 g/mol. The first-order valence-electron chi connectivity index (χ1n) is 8.81. The molecule has 3 rings (SSSR count). The molecule has 4 nitrogen and oxygen atoms in total. The minimum atomic E-state index is 0. The van der Waals surface area contributed by atoms with Gasteiger partial charge in [0.15, 0.2) is 5.96 Å². The summed E-state index contributed by atoms with van der Waals surface area (Å²) in [5, 5.41) is 4.49. The number of aliphatic imine (C=N–C) groups is 1. The fourth-order valence-corrected chi connectivity index (χ4v) is 4.25. The minimum absolute atomic E-state index is 0. The molecule has 1 N–H and O–H groups in total. The van der Waals surface area contributed by atoms with Gasteiger partial charge in [0.1, 0.15) is 0 Å². The maximum Gasteiger partial charge on any atom is 0.194 e. The van der Waals surface area contributed by atoms with E-state index in [4.69, 9.17) is 21.3 Å². The Labute approximate surface area is 173 Å². The van der Waals surface area contributed by atoms with E-state index in [0.29, 0.717) is 18.1 Å². The number of rotatable bonds is 4. The molecular weight excluding hydrogens is 449 g/mol. The number of benzene rings is 1. The summed E-state index contributed by atoms with van der Waals surface area (Å²) in [4.78, 5) is 6.89. The van der Waals surface area contributed by atoms with Gasteiger partial charge in [-0.3, -0.25) is 4.99 Å². The van der Waals surface area contributed by atoms with Gasteiger partial charge in [0.25, 0.3) is 0 Å². The van der Waals surface area contributed by atoms with E-state index in [0.717, 1.165) is 37.1 Å². The molecule has 1 saturated carbocycles. The second kappa shape index (κ2) is 8.44. The van der Waals surface area contributed by atoms with Crippen molar-refractivity contribution in [1.82, 2.24) is 10.2 Å². The standard InChI is InChI=1S/C19H28ClN3O.HI/c1-5-21-18(23(4)12-13-6-8-14(20)9-7-13)22-16-15-10-11-24-17(15)19(16,2)3;/h6-9,15-17H,5,10-12H2,1-4H3,(H,21,22);1H. The van der Waals surface area contributed by atoms with Crippen molar-refractivity contribution in [1.29, 1.82) is 0 Å². The molecule has 1 aromatic rings. The van der Waals surface area contributed by atoms with Crippen molar-refractivity contribution in [3.05, 3.63) is 34.9 Å². The molecule has 2 fully saturated rings. The van der Waals surface area contributed by atoms with Crippen LogP contribution < -0.4 is 5.32 Å². The molecule has 0 amide bonds. The predicted molar refractivity (Wildman–Crippen MR) is 115 cm³/mol. The third-order valence-electron chi connectivity index (χ3n) is 5.39. The molecule has 3 unspecified atom stereocenters. The molecule has 6 heteroatoms. The third-order valence-corrected chi connectivity index (χ3v) is 5.64. The van der Waals surface area contributed by atoms with Crippen LogP contribution in [0.5, 0.6) is 0 Å². The number of nitrogens with zero attached hydrogens (tertiary/aromatic N) is 2. The Hall–Kier alpha value is -0.530. The highest BCUT2D eigenvalue weighted by atomic mass is 127. The summed E-state index contributed by atoms with van der Waals surface area (Å²) >= 11 is 5.98. The Balaban J connectivity index is 0.00000225. The summed E-state index contributed by atoms with van der Waals surface area (Å²) in [6.45, 7) is 9.12. The fourth-order valence-electron chi connectivity index (χ4n) is 4.12. The van der Waals surface area contributed by atoms with Crippen LogP contribution in [0.15, 0.2) is 29.3 Å². The largest absolute Gasteiger partial charge is 0.377 e. The summed E-state index contributed by atoms with van der Waals surface area (Å²) < 4.78 is 5.90. The van der Waals surface area contributed by atoms with Crippen LogP contribution >= 0.6 is 35.6 Å². The Morgan fingerprint density at radius 2 is 2.04 bits per heavy atom. The second-order valence-electron chi connectivity index (χ2n) is 7.47. The van der Waals surface area contributed by atoms with Crippen molar-refractivity contribution in [3.8, 4) is 0 Å². The average Bonchev–Trinajstić information content (AvgIpc) is 3.00. The van der Waals surface area contributed by atoms with Gasteiger partial charge in [0.05, 0.1) is 6.10 Å². The molecule has 2 aliphatic rings. The van der Waals surface area contributed by atoms with Gasteiger partial charge < -0.3 is 15.0 Å². The molecule has 0 aromatic heterocycles. The maximum absolute atomic E-state index is 5.98. The Morgan fingerprint density at radius 1 is 1.36 bits per heavy atom. The quantitative estimate of drug-likeness (QED) is 0.402. The Kier molecular flexibility index (Phi) is 7.01. The number of guanidine groups is 1. The Morgan fingerprint density at radius 3 is 2.68 bits per heavy atom. The van der Waals surface area contributed by atoms with Gasteiger partial charge in [-0.25, -0.2) is 0 Å². The van der Waals surface area contributed by atoms with E-state index in [9.17, 15) is 0 Å². The van der Waals surface area contributed by atoms with Gasteiger partial charge in [-0.1, -0.05) is 37.6 Å². The molecule has 25 heavy (non-hydrogen) atoms. The molecule has 0 spiro atoms. The highest BCUT2D eigenvalue weighted by Gasteiger charge is 2.59. The molecule has 1 saturated heterocycles. The molecule has 3 atom stereocenters. The van der Waals surface area contributed by atoms with E-state index >= 15 is 0 Å². The number of hydrogen-bond donors (Lipinski definition) is 1. The zero-order valence-corrected chi connectivity index (χ0v) is 18.5. The molecule has 0 bridgehead atoms. The number of hydrogen-bond acceptors (Lipinski definition) is 2. The van der Waals surface area contributed by atoms with Gasteiger partial charge in [0, 0.05) is 49.1 Å². The smallest absolute Gasteiger partial charge is 0.194 e. The first-order chi connectivity index (χ1) is 11.4. The van der Waals surface area contributed by atoms with Gasteiger partial charge in [-0.05, 0) is 31.0 Å². The summed E-state index contributed by atoms with van der Waals surface area (Å²) in [5.74, 6) is 1.57. The van der Waals surface area contributed by atoms with Crippen LogP contribution in [0, 0.1) is 11.3 Å². The van der Waals surface area contributed by atoms with Gasteiger partial charge in [-0.2, -0.15) is 0 Å². The van der Waals surface area contributed by atoms with Crippen LogP contribution in [-0.2, 0) is 11.3 Å². The molecule has 1 aliphatic heterocycles. The van der Waals surface area contributed by atoms with Gasteiger partial charge >= 0.3 is 0 Å². The summed E-state index contributed by atoms with van der Waals surface area (Å²) in [5.41, 5.74) is 1.37. The SMILES string of the molecule is CCN=C(NC1C2CCOC2C1(C)C)N(C)Cc1ccc(Cl)cc1.I. The molecule has 140 valence electrons. The first kappa shape index (κ1) is 20.8. The van der Waals surface area contributed by atoms with E-state index in [-0.39, 0.29) is 29.4 Å². The lowest BCUT2D eigenvalue weighted by molar-refractivity contribution is -0.107.